The van der Waals surface area contributed by atoms with Crippen molar-refractivity contribution in [1.29, 1.82) is 0 Å². The molecule has 3 rings (SSSR count). The van der Waals surface area contributed by atoms with Crippen LogP contribution in [0, 0.1) is 6.92 Å². The molecule has 1 heterocycles. The Morgan fingerprint density at radius 3 is 2.40 bits per heavy atom. The fourth-order valence-electron chi connectivity index (χ4n) is 2.56. The summed E-state index contributed by atoms with van der Waals surface area (Å²) in [5.74, 6) is -0.911. The topological polar surface area (TPSA) is 42.2 Å². The molecule has 0 aliphatic heterocycles. The summed E-state index contributed by atoms with van der Waals surface area (Å²) in [6.45, 7) is 1.82. The summed E-state index contributed by atoms with van der Waals surface area (Å²) in [4.78, 5) is 11.5. The lowest BCUT2D eigenvalue weighted by Gasteiger charge is -2.08. The number of carboxylic acid groups (broad SMARTS) is 1. The van der Waals surface area contributed by atoms with E-state index in [9.17, 15) is 9.90 Å². The zero-order valence-electron chi connectivity index (χ0n) is 10.8. The zero-order valence-corrected chi connectivity index (χ0v) is 11.6. The number of benzene rings is 2. The minimum absolute atomic E-state index is 0.343. The first-order valence-electron chi connectivity index (χ1n) is 6.19. The Morgan fingerprint density at radius 2 is 1.75 bits per heavy atom. The molecule has 0 saturated carbocycles. The summed E-state index contributed by atoms with van der Waals surface area (Å²) in [7, 11) is 0. The molecule has 20 heavy (non-hydrogen) atoms. The third-order valence-corrected chi connectivity index (χ3v) is 3.66. The Bertz CT molecular complexity index is 803. The summed E-state index contributed by atoms with van der Waals surface area (Å²) in [6, 6.07) is 14.9. The average molecular weight is 286 g/mol. The van der Waals surface area contributed by atoms with Crippen LogP contribution in [0.2, 0.25) is 5.02 Å². The Kier molecular flexibility index (Phi) is 2.99. The van der Waals surface area contributed by atoms with E-state index >= 15 is 0 Å². The van der Waals surface area contributed by atoms with Crippen molar-refractivity contribution < 1.29 is 9.90 Å². The second-order valence-electron chi connectivity index (χ2n) is 4.59. The number of carboxylic acids is 1. The molecule has 0 unspecified atom stereocenters. The lowest BCUT2D eigenvalue weighted by molar-refractivity contribution is 0.0698. The SMILES string of the molecule is Cc1c(C(=O)O)c2ccccc2n1-c1ccc(Cl)cc1. The number of rotatable bonds is 2. The monoisotopic (exact) mass is 285 g/mol. The first-order valence-corrected chi connectivity index (χ1v) is 6.56. The van der Waals surface area contributed by atoms with E-state index in [1.165, 1.54) is 0 Å². The summed E-state index contributed by atoms with van der Waals surface area (Å²) in [5, 5.41) is 10.8. The van der Waals surface area contributed by atoms with Gasteiger partial charge in [-0.3, -0.25) is 0 Å². The molecule has 0 saturated heterocycles. The predicted molar refractivity (Wildman–Crippen MR) is 80.0 cm³/mol. The number of fused-ring (bicyclic) bond motifs is 1. The number of aromatic carboxylic acids is 1. The molecule has 1 N–H and O–H groups in total. The van der Waals surface area contributed by atoms with Gasteiger partial charge in [-0.05, 0) is 37.3 Å². The maximum Gasteiger partial charge on any atom is 0.338 e. The van der Waals surface area contributed by atoms with Crippen LogP contribution in [0.15, 0.2) is 48.5 Å². The summed E-state index contributed by atoms with van der Waals surface area (Å²) in [6.07, 6.45) is 0. The molecule has 3 aromatic rings. The van der Waals surface area contributed by atoms with Crippen LogP contribution in [-0.2, 0) is 0 Å². The lowest BCUT2D eigenvalue weighted by Crippen LogP contribution is -2.01. The van der Waals surface area contributed by atoms with E-state index in [1.807, 2.05) is 47.9 Å². The van der Waals surface area contributed by atoms with Crippen LogP contribution in [0.1, 0.15) is 16.1 Å². The molecule has 0 radical (unpaired) electrons. The van der Waals surface area contributed by atoms with Gasteiger partial charge < -0.3 is 9.67 Å². The smallest absolute Gasteiger partial charge is 0.338 e. The molecule has 1 aromatic heterocycles. The maximum absolute atomic E-state index is 11.5. The fraction of sp³-hybridized carbons (Fsp3) is 0.0625. The number of para-hydroxylation sites is 1. The highest BCUT2D eigenvalue weighted by atomic mass is 35.5. The van der Waals surface area contributed by atoms with Crippen LogP contribution < -0.4 is 0 Å². The van der Waals surface area contributed by atoms with Crippen molar-refractivity contribution in [3.8, 4) is 5.69 Å². The summed E-state index contributed by atoms with van der Waals surface area (Å²) < 4.78 is 1.94. The van der Waals surface area contributed by atoms with E-state index in [0.29, 0.717) is 16.3 Å². The minimum Gasteiger partial charge on any atom is -0.478 e. The van der Waals surface area contributed by atoms with E-state index in [1.54, 1.807) is 12.1 Å². The Hall–Kier alpha value is -2.26. The molecule has 4 heteroatoms. The van der Waals surface area contributed by atoms with Crippen molar-refractivity contribution in [3.05, 3.63) is 64.8 Å². The molecule has 0 amide bonds. The molecule has 0 spiro atoms. The normalized spacial score (nSPS) is 10.9. The van der Waals surface area contributed by atoms with Gasteiger partial charge in [-0.25, -0.2) is 4.79 Å². The van der Waals surface area contributed by atoms with Crippen molar-refractivity contribution >= 4 is 28.5 Å². The van der Waals surface area contributed by atoms with Gasteiger partial charge in [0.05, 0.1) is 11.1 Å². The highest BCUT2D eigenvalue weighted by molar-refractivity contribution is 6.30. The number of carbonyl (C=O) groups is 1. The van der Waals surface area contributed by atoms with Crippen LogP contribution >= 0.6 is 11.6 Å². The van der Waals surface area contributed by atoms with Crippen LogP contribution in [0.4, 0.5) is 0 Å². The number of halogens is 1. The first kappa shape index (κ1) is 12.8. The zero-order chi connectivity index (χ0) is 14.3. The number of nitrogens with zero attached hydrogens (tertiary/aromatic N) is 1. The highest BCUT2D eigenvalue weighted by Crippen LogP contribution is 2.29. The molecule has 0 fully saturated rings. The quantitative estimate of drug-likeness (QED) is 0.763. The molecule has 100 valence electrons. The molecular formula is C16H12ClNO2. The van der Waals surface area contributed by atoms with E-state index in [4.69, 9.17) is 11.6 Å². The van der Waals surface area contributed by atoms with Gasteiger partial charge in [0.1, 0.15) is 0 Å². The Balaban J connectivity index is 2.38. The van der Waals surface area contributed by atoms with Crippen molar-refractivity contribution in [2.45, 2.75) is 6.92 Å². The molecule has 3 nitrogen and oxygen atoms in total. The van der Waals surface area contributed by atoms with Crippen molar-refractivity contribution in [2.75, 3.05) is 0 Å². The lowest BCUT2D eigenvalue weighted by atomic mass is 10.1. The van der Waals surface area contributed by atoms with Crippen LogP contribution in [0.5, 0.6) is 0 Å². The average Bonchev–Trinajstić information content (AvgIpc) is 2.72. The second kappa shape index (κ2) is 4.69. The first-order chi connectivity index (χ1) is 9.59. The van der Waals surface area contributed by atoms with Gasteiger partial charge in [0.15, 0.2) is 0 Å². The molecule has 0 aliphatic carbocycles. The van der Waals surface area contributed by atoms with Crippen LogP contribution in [-0.4, -0.2) is 15.6 Å². The minimum atomic E-state index is -0.911. The molecular weight excluding hydrogens is 274 g/mol. The highest BCUT2D eigenvalue weighted by Gasteiger charge is 2.19. The third kappa shape index (κ3) is 1.87. The predicted octanol–water partition coefficient (Wildman–Crippen LogP) is 4.29. The van der Waals surface area contributed by atoms with Gasteiger partial charge in [-0.15, -0.1) is 0 Å². The van der Waals surface area contributed by atoms with Gasteiger partial charge in [0.25, 0.3) is 0 Å². The maximum atomic E-state index is 11.5. The molecule has 0 bridgehead atoms. The van der Waals surface area contributed by atoms with Crippen molar-refractivity contribution in [2.24, 2.45) is 0 Å². The third-order valence-electron chi connectivity index (χ3n) is 3.41. The van der Waals surface area contributed by atoms with Crippen LogP contribution in [0.3, 0.4) is 0 Å². The van der Waals surface area contributed by atoms with Gasteiger partial charge in [0, 0.05) is 21.8 Å². The van der Waals surface area contributed by atoms with Crippen LogP contribution in [0.25, 0.3) is 16.6 Å². The fourth-order valence-corrected chi connectivity index (χ4v) is 2.69. The van der Waals surface area contributed by atoms with E-state index in [0.717, 1.165) is 16.6 Å². The number of hydrogen-bond acceptors (Lipinski definition) is 1. The number of aromatic nitrogens is 1. The second-order valence-corrected chi connectivity index (χ2v) is 5.03. The molecule has 2 aromatic carbocycles. The largest absolute Gasteiger partial charge is 0.478 e. The summed E-state index contributed by atoms with van der Waals surface area (Å²) in [5.41, 5.74) is 2.83. The van der Waals surface area contributed by atoms with Gasteiger partial charge in [-0.2, -0.15) is 0 Å². The summed E-state index contributed by atoms with van der Waals surface area (Å²) >= 11 is 5.91. The Labute approximate surface area is 121 Å². The molecule has 0 aliphatic rings. The van der Waals surface area contributed by atoms with Crippen molar-refractivity contribution in [1.82, 2.24) is 4.57 Å². The van der Waals surface area contributed by atoms with Gasteiger partial charge in [-0.1, -0.05) is 29.8 Å². The Morgan fingerprint density at radius 1 is 1.10 bits per heavy atom. The van der Waals surface area contributed by atoms with E-state index in [-0.39, 0.29) is 0 Å². The van der Waals surface area contributed by atoms with Gasteiger partial charge >= 0.3 is 5.97 Å². The number of hydrogen-bond donors (Lipinski definition) is 1. The van der Waals surface area contributed by atoms with E-state index < -0.39 is 5.97 Å². The standard InChI is InChI=1S/C16H12ClNO2/c1-10-15(16(19)20)13-4-2-3-5-14(13)18(10)12-8-6-11(17)7-9-12/h2-9H,1H3,(H,19,20). The van der Waals surface area contributed by atoms with E-state index in [2.05, 4.69) is 0 Å². The van der Waals surface area contributed by atoms with Crippen molar-refractivity contribution in [3.63, 3.8) is 0 Å². The molecule has 0 atom stereocenters. The van der Waals surface area contributed by atoms with Gasteiger partial charge in [0.2, 0.25) is 0 Å².